The van der Waals surface area contributed by atoms with E-state index >= 15 is 0 Å². The summed E-state index contributed by atoms with van der Waals surface area (Å²) in [5, 5.41) is 3.24. The smallest absolute Gasteiger partial charge is 0.225 e. The molecule has 1 heterocycles. The highest BCUT2D eigenvalue weighted by Gasteiger charge is 2.11. The molecule has 17 heavy (non-hydrogen) atoms. The van der Waals surface area contributed by atoms with E-state index in [1.165, 1.54) is 0 Å². The van der Waals surface area contributed by atoms with E-state index in [2.05, 4.69) is 29.1 Å². The van der Waals surface area contributed by atoms with Gasteiger partial charge in [0.15, 0.2) is 0 Å². The van der Waals surface area contributed by atoms with Crippen molar-refractivity contribution in [2.24, 2.45) is 0 Å². The van der Waals surface area contributed by atoms with E-state index in [4.69, 9.17) is 4.74 Å². The molecule has 0 fully saturated rings. The van der Waals surface area contributed by atoms with Crippen LogP contribution in [0, 0.1) is 0 Å². The monoisotopic (exact) mass is 238 g/mol. The number of hydrogen-bond acceptors (Lipinski definition) is 5. The Morgan fingerprint density at radius 1 is 1.41 bits per heavy atom. The summed E-state index contributed by atoms with van der Waals surface area (Å²) in [5.41, 5.74) is 1.10. The van der Waals surface area contributed by atoms with Crippen molar-refractivity contribution in [1.29, 1.82) is 0 Å². The highest BCUT2D eigenvalue weighted by Crippen LogP contribution is 2.08. The fraction of sp³-hybridized carbons (Fsp3) is 0.667. The Bertz CT molecular complexity index is 315. The summed E-state index contributed by atoms with van der Waals surface area (Å²) in [5.74, 6) is 0.731. The van der Waals surface area contributed by atoms with Crippen LogP contribution in [-0.4, -0.2) is 43.3 Å². The second kappa shape index (κ2) is 7.19. The summed E-state index contributed by atoms with van der Waals surface area (Å²) >= 11 is 0. The Morgan fingerprint density at radius 3 is 2.59 bits per heavy atom. The van der Waals surface area contributed by atoms with E-state index in [1.54, 1.807) is 7.11 Å². The van der Waals surface area contributed by atoms with Gasteiger partial charge in [0, 0.05) is 38.7 Å². The van der Waals surface area contributed by atoms with Crippen molar-refractivity contribution in [3.8, 4) is 0 Å². The van der Waals surface area contributed by atoms with Crippen LogP contribution in [-0.2, 0) is 11.3 Å². The molecule has 1 unspecified atom stereocenters. The van der Waals surface area contributed by atoms with Crippen molar-refractivity contribution in [2.45, 2.75) is 26.4 Å². The van der Waals surface area contributed by atoms with Crippen molar-refractivity contribution < 1.29 is 4.74 Å². The number of hydrogen-bond donors (Lipinski definition) is 1. The van der Waals surface area contributed by atoms with Gasteiger partial charge in [-0.2, -0.15) is 0 Å². The number of methoxy groups -OCH3 is 1. The van der Waals surface area contributed by atoms with E-state index in [9.17, 15) is 0 Å². The zero-order chi connectivity index (χ0) is 12.7. The Labute approximate surface area is 103 Å². The number of nitrogens with zero attached hydrogens (tertiary/aromatic N) is 3. The zero-order valence-electron chi connectivity index (χ0n) is 11.1. The van der Waals surface area contributed by atoms with E-state index in [1.807, 2.05) is 24.3 Å². The summed E-state index contributed by atoms with van der Waals surface area (Å²) in [7, 11) is 3.67. The van der Waals surface area contributed by atoms with Gasteiger partial charge in [-0.15, -0.1) is 0 Å². The number of aromatic nitrogens is 2. The number of likely N-dealkylation sites (N-methyl/N-ethyl adjacent to an activating group) is 1. The Kier molecular flexibility index (Phi) is 5.86. The second-order valence-corrected chi connectivity index (χ2v) is 4.09. The van der Waals surface area contributed by atoms with Gasteiger partial charge in [-0.3, -0.25) is 0 Å². The van der Waals surface area contributed by atoms with Crippen LogP contribution in [0.1, 0.15) is 19.4 Å². The highest BCUT2D eigenvalue weighted by molar-refractivity contribution is 5.29. The Balaban J connectivity index is 2.60. The molecule has 0 spiro atoms. The van der Waals surface area contributed by atoms with Crippen molar-refractivity contribution in [2.75, 3.05) is 32.2 Å². The lowest BCUT2D eigenvalue weighted by molar-refractivity contribution is 0.183. The van der Waals surface area contributed by atoms with Crippen molar-refractivity contribution >= 4 is 5.95 Å². The van der Waals surface area contributed by atoms with Gasteiger partial charge >= 0.3 is 0 Å². The quantitative estimate of drug-likeness (QED) is 0.769. The minimum absolute atomic E-state index is 0.264. The van der Waals surface area contributed by atoms with Crippen molar-refractivity contribution in [1.82, 2.24) is 15.3 Å². The fourth-order valence-corrected chi connectivity index (χ4v) is 1.44. The number of ether oxygens (including phenoxy) is 1. The summed E-state index contributed by atoms with van der Waals surface area (Å²) in [6.07, 6.45) is 3.72. The molecule has 0 aliphatic heterocycles. The fourth-order valence-electron chi connectivity index (χ4n) is 1.44. The first-order chi connectivity index (χ1) is 8.19. The minimum atomic E-state index is 0.264. The van der Waals surface area contributed by atoms with E-state index in [-0.39, 0.29) is 6.04 Å². The number of anilines is 1. The van der Waals surface area contributed by atoms with Crippen LogP contribution in [0.3, 0.4) is 0 Å². The number of nitrogens with one attached hydrogen (secondary N) is 1. The molecule has 0 aliphatic rings. The first-order valence-corrected chi connectivity index (χ1v) is 5.92. The Morgan fingerprint density at radius 2 is 2.06 bits per heavy atom. The molecule has 0 amide bonds. The highest BCUT2D eigenvalue weighted by atomic mass is 16.5. The summed E-state index contributed by atoms with van der Waals surface area (Å²) in [4.78, 5) is 10.7. The van der Waals surface area contributed by atoms with E-state index in [0.717, 1.165) is 24.6 Å². The van der Waals surface area contributed by atoms with Crippen LogP contribution in [0.5, 0.6) is 0 Å². The van der Waals surface area contributed by atoms with Gasteiger partial charge in [0.1, 0.15) is 0 Å². The molecule has 0 aliphatic carbocycles. The average molecular weight is 238 g/mol. The first-order valence-electron chi connectivity index (χ1n) is 5.92. The van der Waals surface area contributed by atoms with Gasteiger partial charge in [-0.1, -0.05) is 6.92 Å². The molecule has 5 heteroatoms. The lowest BCUT2D eigenvalue weighted by Gasteiger charge is -2.24. The molecule has 0 saturated heterocycles. The summed E-state index contributed by atoms with van der Waals surface area (Å²) < 4.78 is 5.12. The van der Waals surface area contributed by atoms with E-state index < -0.39 is 0 Å². The maximum absolute atomic E-state index is 5.12. The molecule has 96 valence electrons. The molecular formula is C12H22N4O. The van der Waals surface area contributed by atoms with Gasteiger partial charge in [-0.25, -0.2) is 9.97 Å². The van der Waals surface area contributed by atoms with Crippen LogP contribution in [0.2, 0.25) is 0 Å². The topological polar surface area (TPSA) is 50.3 Å². The molecule has 1 N–H and O–H groups in total. The van der Waals surface area contributed by atoms with Crippen LogP contribution < -0.4 is 10.2 Å². The van der Waals surface area contributed by atoms with Gasteiger partial charge < -0.3 is 15.0 Å². The van der Waals surface area contributed by atoms with Gasteiger partial charge in [0.25, 0.3) is 0 Å². The molecule has 0 radical (unpaired) electrons. The largest absolute Gasteiger partial charge is 0.383 e. The standard InChI is InChI=1S/C12H22N4O/c1-5-13-6-11-7-14-12(15-8-11)16(3)10(2)9-17-4/h7-8,10,13H,5-6,9H2,1-4H3. The third-order valence-corrected chi connectivity index (χ3v) is 2.66. The molecule has 1 rings (SSSR count). The molecule has 0 bridgehead atoms. The molecular weight excluding hydrogens is 216 g/mol. The molecule has 1 aromatic rings. The SMILES string of the molecule is CCNCc1cnc(N(C)C(C)COC)nc1. The zero-order valence-corrected chi connectivity index (χ0v) is 11.1. The maximum atomic E-state index is 5.12. The third-order valence-electron chi connectivity index (χ3n) is 2.66. The molecule has 5 nitrogen and oxygen atoms in total. The molecule has 0 aromatic carbocycles. The van der Waals surface area contributed by atoms with Crippen molar-refractivity contribution in [3.05, 3.63) is 18.0 Å². The van der Waals surface area contributed by atoms with Gasteiger partial charge in [-0.05, 0) is 13.5 Å². The summed E-state index contributed by atoms with van der Waals surface area (Å²) in [6.45, 7) is 6.59. The molecule has 0 saturated carbocycles. The predicted octanol–water partition coefficient (Wildman–Crippen LogP) is 1.06. The lowest BCUT2D eigenvalue weighted by Crippen LogP contribution is -2.33. The van der Waals surface area contributed by atoms with Crippen molar-refractivity contribution in [3.63, 3.8) is 0 Å². The molecule has 1 aromatic heterocycles. The first kappa shape index (κ1) is 13.9. The normalized spacial score (nSPS) is 12.5. The third kappa shape index (κ3) is 4.28. The van der Waals surface area contributed by atoms with Gasteiger partial charge in [0.05, 0.1) is 12.6 Å². The second-order valence-electron chi connectivity index (χ2n) is 4.09. The average Bonchev–Trinajstić information content (AvgIpc) is 2.36. The van der Waals surface area contributed by atoms with E-state index in [0.29, 0.717) is 6.61 Å². The van der Waals surface area contributed by atoms with Crippen LogP contribution in [0.15, 0.2) is 12.4 Å². The van der Waals surface area contributed by atoms with Gasteiger partial charge in [0.2, 0.25) is 5.95 Å². The van der Waals surface area contributed by atoms with Crippen LogP contribution in [0.4, 0.5) is 5.95 Å². The minimum Gasteiger partial charge on any atom is -0.383 e. The lowest BCUT2D eigenvalue weighted by atomic mass is 10.3. The van der Waals surface area contributed by atoms with Crippen LogP contribution >= 0.6 is 0 Å². The molecule has 1 atom stereocenters. The van der Waals surface area contributed by atoms with Crippen LogP contribution in [0.25, 0.3) is 0 Å². The maximum Gasteiger partial charge on any atom is 0.225 e. The Hall–Kier alpha value is -1.20. The number of rotatable bonds is 7. The summed E-state index contributed by atoms with van der Waals surface area (Å²) in [6, 6.07) is 0.264. The predicted molar refractivity (Wildman–Crippen MR) is 69.2 cm³/mol.